The van der Waals surface area contributed by atoms with Gasteiger partial charge in [0, 0.05) is 23.2 Å². The van der Waals surface area contributed by atoms with Gasteiger partial charge in [-0.1, -0.05) is 64.1 Å². The van der Waals surface area contributed by atoms with Gasteiger partial charge in [-0.25, -0.2) is 0 Å². The lowest BCUT2D eigenvalue weighted by molar-refractivity contribution is -0.142. The normalized spacial score (nSPS) is 19.0. The van der Waals surface area contributed by atoms with Gasteiger partial charge in [-0.2, -0.15) is 0 Å². The average molecular weight is 589 g/mol. The molecular weight excluding hydrogens is 544 g/mol. The fourth-order valence-corrected chi connectivity index (χ4v) is 5.34. The van der Waals surface area contributed by atoms with E-state index < -0.39 is 11.9 Å². The molecule has 230 valence electrons. The number of nitrogens with one attached hydrogen (secondary N) is 2. The summed E-state index contributed by atoms with van der Waals surface area (Å²) in [5.41, 5.74) is 5.18. The van der Waals surface area contributed by atoms with Crippen molar-refractivity contribution in [1.29, 1.82) is 0 Å². The van der Waals surface area contributed by atoms with E-state index in [0.29, 0.717) is 34.9 Å². The van der Waals surface area contributed by atoms with E-state index in [1.165, 1.54) is 0 Å². The summed E-state index contributed by atoms with van der Waals surface area (Å²) in [6.45, 7) is 10.0. The molecule has 4 atom stereocenters. The highest BCUT2D eigenvalue weighted by Gasteiger charge is 2.42. The second-order valence-electron chi connectivity index (χ2n) is 11.8. The third-order valence-corrected chi connectivity index (χ3v) is 8.70. The van der Waals surface area contributed by atoms with Crippen LogP contribution in [-0.2, 0) is 31.9 Å². The first-order valence-electron chi connectivity index (χ1n) is 15.0. The quantitative estimate of drug-likeness (QED) is 0.190. The molecule has 0 aromatic heterocycles. The second kappa shape index (κ2) is 15.6. The fourth-order valence-electron chi connectivity index (χ4n) is 5.34. The van der Waals surface area contributed by atoms with Crippen LogP contribution in [0.15, 0.2) is 36.4 Å². The summed E-state index contributed by atoms with van der Waals surface area (Å²) < 4.78 is 10.4. The van der Waals surface area contributed by atoms with Crippen molar-refractivity contribution in [3.05, 3.63) is 58.7 Å². The Bertz CT molecular complexity index is 1320. The lowest BCUT2D eigenvalue weighted by atomic mass is 9.91. The molecule has 8 nitrogen and oxygen atoms in total. The molecule has 2 aromatic carbocycles. The van der Waals surface area contributed by atoms with Crippen LogP contribution in [0.2, 0.25) is 0 Å². The van der Waals surface area contributed by atoms with Crippen LogP contribution in [0.4, 0.5) is 0 Å². The van der Waals surface area contributed by atoms with Crippen LogP contribution in [0.1, 0.15) is 72.9 Å². The van der Waals surface area contributed by atoms with Gasteiger partial charge in [-0.05, 0) is 66.2 Å². The van der Waals surface area contributed by atoms with Crippen molar-refractivity contribution < 1.29 is 28.7 Å². The minimum Gasteiger partial charge on any atom is -0.456 e. The standard InChI is InChI=1S/C33H42N2O6.C2H2/c1-19(2)22(5)34-15-31(38)40-17-29(36)24-11-9-23(10-12-24)25-13-14-28(27-8-6-7-26(25)27)30(37)18-41-32(39)16-35-33-20(3)21(33)4;1-2/h9-14,19-22,33-35H,6-8,15-18H2,1-5H3;1-2H/t20-,21?,22?,33?;/m1./s1. The minimum absolute atomic E-state index is 0.0634. The fraction of sp³-hybridized carbons (Fsp3) is 0.486. The van der Waals surface area contributed by atoms with E-state index in [2.05, 4.69) is 51.2 Å². The van der Waals surface area contributed by atoms with Gasteiger partial charge in [-0.15, -0.1) is 12.8 Å². The first-order chi connectivity index (χ1) is 20.6. The highest BCUT2D eigenvalue weighted by atomic mass is 16.5. The highest BCUT2D eigenvalue weighted by Crippen LogP contribution is 2.37. The number of esters is 2. The Morgan fingerprint density at radius 1 is 0.814 bits per heavy atom. The SMILES string of the molecule is C#C.CC(C)C(C)NCC(=O)OCC(=O)c1ccc(-c2ccc(C(=O)COC(=O)CNC3C(C)[C@H]3C)c3c2CCC3)cc1. The van der Waals surface area contributed by atoms with Crippen molar-refractivity contribution in [3.8, 4) is 24.0 Å². The van der Waals surface area contributed by atoms with Gasteiger partial charge in [0.05, 0.1) is 13.1 Å². The Morgan fingerprint density at radius 2 is 1.40 bits per heavy atom. The van der Waals surface area contributed by atoms with Gasteiger partial charge >= 0.3 is 11.9 Å². The van der Waals surface area contributed by atoms with E-state index in [-0.39, 0.29) is 43.9 Å². The molecule has 1 saturated carbocycles. The number of Topliss-reactive ketones (excluding diaryl/α,β-unsaturated/α-hetero) is 2. The predicted octanol–water partition coefficient (Wildman–Crippen LogP) is 4.42. The van der Waals surface area contributed by atoms with Gasteiger partial charge < -0.3 is 20.1 Å². The van der Waals surface area contributed by atoms with Crippen LogP contribution in [0.25, 0.3) is 11.1 Å². The topological polar surface area (TPSA) is 111 Å². The van der Waals surface area contributed by atoms with E-state index in [4.69, 9.17) is 9.47 Å². The Hall–Kier alpha value is -3.80. The number of carbonyl (C=O) groups excluding carboxylic acids is 4. The molecule has 0 spiro atoms. The van der Waals surface area contributed by atoms with Gasteiger partial charge in [0.25, 0.3) is 0 Å². The average Bonchev–Trinajstić information content (AvgIpc) is 3.35. The molecule has 2 aliphatic rings. The minimum atomic E-state index is -0.457. The molecule has 1 fully saturated rings. The Balaban J connectivity index is 0.00000248. The van der Waals surface area contributed by atoms with Crippen LogP contribution in [0, 0.1) is 30.6 Å². The summed E-state index contributed by atoms with van der Waals surface area (Å²) in [6.07, 6.45) is 10.6. The third kappa shape index (κ3) is 8.85. The Kier molecular flexibility index (Phi) is 12.2. The molecule has 2 aliphatic carbocycles. The number of fused-ring (bicyclic) bond motifs is 1. The van der Waals surface area contributed by atoms with Crippen molar-refractivity contribution in [3.63, 3.8) is 0 Å². The third-order valence-electron chi connectivity index (χ3n) is 8.70. The van der Waals surface area contributed by atoms with E-state index in [1.807, 2.05) is 31.2 Å². The number of hydrogen-bond donors (Lipinski definition) is 2. The Morgan fingerprint density at radius 3 is 2.00 bits per heavy atom. The molecule has 43 heavy (non-hydrogen) atoms. The van der Waals surface area contributed by atoms with Crippen molar-refractivity contribution >= 4 is 23.5 Å². The number of hydrogen-bond acceptors (Lipinski definition) is 8. The summed E-state index contributed by atoms with van der Waals surface area (Å²) >= 11 is 0. The molecule has 0 aliphatic heterocycles. The summed E-state index contributed by atoms with van der Waals surface area (Å²) in [5.74, 6) is 0.162. The molecule has 0 radical (unpaired) electrons. The number of ether oxygens (including phenoxy) is 2. The van der Waals surface area contributed by atoms with Crippen molar-refractivity contribution in [2.45, 2.75) is 66.0 Å². The smallest absolute Gasteiger partial charge is 0.320 e. The van der Waals surface area contributed by atoms with Crippen molar-refractivity contribution in [2.24, 2.45) is 17.8 Å². The first kappa shape index (κ1) is 33.7. The van der Waals surface area contributed by atoms with Gasteiger partial charge in [0.1, 0.15) is 0 Å². The zero-order valence-corrected chi connectivity index (χ0v) is 25.9. The molecule has 0 amide bonds. The number of carbonyl (C=O) groups is 4. The molecule has 8 heteroatoms. The van der Waals surface area contributed by atoms with E-state index in [0.717, 1.165) is 41.5 Å². The van der Waals surface area contributed by atoms with E-state index >= 15 is 0 Å². The maximum Gasteiger partial charge on any atom is 0.320 e. The molecular formula is C35H44N2O6. The van der Waals surface area contributed by atoms with Gasteiger partial charge in [0.15, 0.2) is 19.0 Å². The highest BCUT2D eigenvalue weighted by molar-refractivity contribution is 6.01. The first-order valence-corrected chi connectivity index (χ1v) is 15.0. The molecule has 0 saturated heterocycles. The van der Waals surface area contributed by atoms with Gasteiger partial charge in [0.2, 0.25) is 5.78 Å². The van der Waals surface area contributed by atoms with Crippen LogP contribution in [0.3, 0.4) is 0 Å². The number of terminal acetylenes is 1. The number of rotatable bonds is 14. The molecule has 3 unspecified atom stereocenters. The maximum absolute atomic E-state index is 13.0. The van der Waals surface area contributed by atoms with Crippen LogP contribution in [-0.4, -0.2) is 61.9 Å². The van der Waals surface area contributed by atoms with Crippen molar-refractivity contribution in [2.75, 3.05) is 26.3 Å². The molecule has 2 aromatic rings. The lowest BCUT2D eigenvalue weighted by Crippen LogP contribution is -2.36. The lowest BCUT2D eigenvalue weighted by Gasteiger charge is -2.16. The van der Waals surface area contributed by atoms with Gasteiger partial charge in [-0.3, -0.25) is 19.2 Å². The Labute approximate surface area is 255 Å². The monoisotopic (exact) mass is 588 g/mol. The predicted molar refractivity (Wildman–Crippen MR) is 167 cm³/mol. The molecule has 2 N–H and O–H groups in total. The van der Waals surface area contributed by atoms with Crippen LogP contribution in [0.5, 0.6) is 0 Å². The summed E-state index contributed by atoms with van der Waals surface area (Å²) in [5, 5.41) is 6.29. The summed E-state index contributed by atoms with van der Waals surface area (Å²) in [4.78, 5) is 49.7. The zero-order valence-electron chi connectivity index (χ0n) is 25.9. The maximum atomic E-state index is 13.0. The van der Waals surface area contributed by atoms with Crippen LogP contribution >= 0.6 is 0 Å². The van der Waals surface area contributed by atoms with Crippen molar-refractivity contribution in [1.82, 2.24) is 10.6 Å². The number of ketones is 2. The number of benzene rings is 2. The largest absolute Gasteiger partial charge is 0.456 e. The van der Waals surface area contributed by atoms with E-state index in [9.17, 15) is 19.2 Å². The molecule has 0 heterocycles. The zero-order chi connectivity index (χ0) is 31.7. The summed E-state index contributed by atoms with van der Waals surface area (Å²) in [7, 11) is 0. The summed E-state index contributed by atoms with van der Waals surface area (Å²) in [6, 6.07) is 11.5. The molecule has 4 rings (SSSR count). The molecule has 0 bridgehead atoms. The van der Waals surface area contributed by atoms with Crippen LogP contribution < -0.4 is 10.6 Å². The van der Waals surface area contributed by atoms with E-state index in [1.54, 1.807) is 12.1 Å². The second-order valence-corrected chi connectivity index (χ2v) is 11.8.